The van der Waals surface area contributed by atoms with Gasteiger partial charge in [0.15, 0.2) is 5.69 Å². The Morgan fingerprint density at radius 2 is 1.87 bits per heavy atom. The largest absolute Gasteiger partial charge is 0.436 e. The number of nitrogens with one attached hydrogen (secondary N) is 1. The predicted octanol–water partition coefficient (Wildman–Crippen LogP) is 4.26. The Balaban J connectivity index is 2.13. The molecule has 23 heavy (non-hydrogen) atoms. The number of rotatable bonds is 3. The molecule has 0 spiro atoms. The van der Waals surface area contributed by atoms with E-state index in [1.54, 1.807) is 0 Å². The minimum absolute atomic E-state index is 0.0841. The second-order valence-electron chi connectivity index (χ2n) is 6.06. The van der Waals surface area contributed by atoms with Crippen LogP contribution in [0.15, 0.2) is 0 Å². The molecule has 1 unspecified atom stereocenters. The van der Waals surface area contributed by atoms with Gasteiger partial charge in [0.25, 0.3) is 0 Å². The highest BCUT2D eigenvalue weighted by Gasteiger charge is 2.39. The van der Waals surface area contributed by atoms with Gasteiger partial charge < -0.3 is 5.32 Å². The average Bonchev–Trinajstić information content (AvgIpc) is 2.67. The number of carbonyl (C=O) groups excluding carboxylic acids is 1. The summed E-state index contributed by atoms with van der Waals surface area (Å²) in [5, 5.41) is 5.99. The van der Waals surface area contributed by atoms with E-state index in [2.05, 4.69) is 10.4 Å². The summed E-state index contributed by atoms with van der Waals surface area (Å²) in [5.74, 6) is -0.326. The third-order valence-corrected chi connectivity index (χ3v) is 4.75. The zero-order valence-corrected chi connectivity index (χ0v) is 14.0. The molecule has 4 nitrogen and oxygen atoms in total. The summed E-state index contributed by atoms with van der Waals surface area (Å²) >= 11 is 5.73. The molecule has 1 aromatic heterocycles. The summed E-state index contributed by atoms with van der Waals surface area (Å²) in [6, 6.07) is -0.757. The van der Waals surface area contributed by atoms with Crippen molar-refractivity contribution in [2.24, 2.45) is 0 Å². The molecule has 8 heteroatoms. The van der Waals surface area contributed by atoms with Gasteiger partial charge in [-0.2, -0.15) is 18.3 Å². The number of hydrogen-bond donors (Lipinski definition) is 1. The molecule has 0 aliphatic heterocycles. The third-order valence-electron chi connectivity index (χ3n) is 4.29. The van der Waals surface area contributed by atoms with Crippen LogP contribution in [0, 0.1) is 6.92 Å². The van der Waals surface area contributed by atoms with Gasteiger partial charge in [0.1, 0.15) is 6.04 Å². The lowest BCUT2D eigenvalue weighted by atomic mass is 10.1. The maximum absolute atomic E-state index is 12.9. The lowest BCUT2D eigenvalue weighted by molar-refractivity contribution is -0.141. The highest BCUT2D eigenvalue weighted by molar-refractivity contribution is 6.32. The smallest absolute Gasteiger partial charge is 0.352 e. The molecular weight excluding hydrogens is 331 g/mol. The van der Waals surface area contributed by atoms with Crippen LogP contribution in [0.3, 0.4) is 0 Å². The number of aromatic nitrogens is 2. The Morgan fingerprint density at radius 3 is 2.35 bits per heavy atom. The van der Waals surface area contributed by atoms with Gasteiger partial charge in [-0.15, -0.1) is 0 Å². The van der Waals surface area contributed by atoms with Crippen molar-refractivity contribution in [2.45, 2.75) is 70.6 Å². The lowest BCUT2D eigenvalue weighted by Crippen LogP contribution is -2.39. The van der Waals surface area contributed by atoms with Crippen LogP contribution in [0.2, 0.25) is 5.02 Å². The van der Waals surface area contributed by atoms with E-state index in [0.717, 1.165) is 43.2 Å². The quantitative estimate of drug-likeness (QED) is 0.827. The Hall–Kier alpha value is -1.24. The highest BCUT2D eigenvalue weighted by Crippen LogP contribution is 2.36. The van der Waals surface area contributed by atoms with Crippen molar-refractivity contribution in [3.05, 3.63) is 16.4 Å². The van der Waals surface area contributed by atoms with Crippen molar-refractivity contribution in [3.8, 4) is 0 Å². The summed E-state index contributed by atoms with van der Waals surface area (Å²) < 4.78 is 39.6. The van der Waals surface area contributed by atoms with Crippen molar-refractivity contribution in [1.29, 1.82) is 0 Å². The van der Waals surface area contributed by atoms with Crippen molar-refractivity contribution < 1.29 is 18.0 Å². The van der Waals surface area contributed by atoms with E-state index in [1.165, 1.54) is 13.8 Å². The molecule has 1 fully saturated rings. The summed E-state index contributed by atoms with van der Waals surface area (Å²) in [6.45, 7) is 2.96. The zero-order valence-electron chi connectivity index (χ0n) is 13.2. The van der Waals surface area contributed by atoms with E-state index in [1.807, 2.05) is 0 Å². The second-order valence-corrected chi connectivity index (χ2v) is 6.44. The van der Waals surface area contributed by atoms with Crippen molar-refractivity contribution in [3.63, 3.8) is 0 Å². The molecule has 1 aromatic rings. The summed E-state index contributed by atoms with van der Waals surface area (Å²) in [4.78, 5) is 12.4. The standard InChI is InChI=1S/C15H21ClF3N3O/c1-9-12(16)13(15(17,18)19)21-22(9)10(2)14(23)20-11-7-5-3-4-6-8-11/h10-11H,3-8H2,1-2H3,(H,20,23). The highest BCUT2D eigenvalue weighted by atomic mass is 35.5. The number of carbonyl (C=O) groups is 1. The molecule has 0 saturated heterocycles. The topological polar surface area (TPSA) is 46.9 Å². The molecule has 1 aliphatic carbocycles. The first-order valence-corrected chi connectivity index (χ1v) is 8.21. The maximum atomic E-state index is 12.9. The average molecular weight is 352 g/mol. The van der Waals surface area contributed by atoms with Crippen LogP contribution < -0.4 is 5.32 Å². The molecule has 1 saturated carbocycles. The molecule has 2 rings (SSSR count). The van der Waals surface area contributed by atoms with Gasteiger partial charge in [0.2, 0.25) is 5.91 Å². The first-order chi connectivity index (χ1) is 10.7. The molecule has 1 aliphatic rings. The van der Waals surface area contributed by atoms with Gasteiger partial charge in [-0.25, -0.2) is 0 Å². The van der Waals surface area contributed by atoms with E-state index >= 15 is 0 Å². The number of nitrogens with zero attached hydrogens (tertiary/aromatic N) is 2. The van der Waals surface area contributed by atoms with Crippen LogP contribution in [-0.4, -0.2) is 21.7 Å². The fourth-order valence-electron chi connectivity index (χ4n) is 2.91. The normalized spacial score (nSPS) is 18.5. The molecule has 1 amide bonds. The molecular formula is C15H21ClF3N3O. The van der Waals surface area contributed by atoms with Gasteiger partial charge >= 0.3 is 6.18 Å². The molecule has 0 radical (unpaired) electrons. The predicted molar refractivity (Wildman–Crippen MR) is 81.3 cm³/mol. The molecule has 1 heterocycles. The zero-order chi connectivity index (χ0) is 17.2. The van der Waals surface area contributed by atoms with E-state index in [9.17, 15) is 18.0 Å². The number of amides is 1. The number of hydrogen-bond acceptors (Lipinski definition) is 2. The van der Waals surface area contributed by atoms with Gasteiger partial charge in [0, 0.05) is 6.04 Å². The van der Waals surface area contributed by atoms with Crippen molar-refractivity contribution in [1.82, 2.24) is 15.1 Å². The molecule has 1 N–H and O–H groups in total. The van der Waals surface area contributed by atoms with E-state index in [-0.39, 0.29) is 17.6 Å². The Labute approximate surface area is 138 Å². The van der Waals surface area contributed by atoms with E-state index in [4.69, 9.17) is 11.6 Å². The molecule has 0 bridgehead atoms. The van der Waals surface area contributed by atoms with Gasteiger partial charge in [0.05, 0.1) is 10.7 Å². The fourth-order valence-corrected chi connectivity index (χ4v) is 3.14. The van der Waals surface area contributed by atoms with Gasteiger partial charge in [-0.05, 0) is 26.7 Å². The Morgan fingerprint density at radius 1 is 1.30 bits per heavy atom. The Kier molecular flexibility index (Phi) is 5.60. The van der Waals surface area contributed by atoms with Crippen LogP contribution in [-0.2, 0) is 11.0 Å². The molecule has 0 aromatic carbocycles. The summed E-state index contributed by atoms with van der Waals surface area (Å²) in [6.07, 6.45) is 1.62. The first-order valence-electron chi connectivity index (χ1n) is 7.84. The van der Waals surface area contributed by atoms with E-state index in [0.29, 0.717) is 0 Å². The third kappa shape index (κ3) is 4.19. The summed E-state index contributed by atoms with van der Waals surface area (Å²) in [5.41, 5.74) is -1.01. The fraction of sp³-hybridized carbons (Fsp3) is 0.733. The van der Waals surface area contributed by atoms with Crippen molar-refractivity contribution in [2.75, 3.05) is 0 Å². The van der Waals surface area contributed by atoms with Gasteiger partial charge in [-0.1, -0.05) is 37.3 Å². The maximum Gasteiger partial charge on any atom is 0.436 e. The number of alkyl halides is 3. The summed E-state index contributed by atoms with van der Waals surface area (Å²) in [7, 11) is 0. The monoisotopic (exact) mass is 351 g/mol. The van der Waals surface area contributed by atoms with Crippen molar-refractivity contribution >= 4 is 17.5 Å². The van der Waals surface area contributed by atoms with Crippen LogP contribution in [0.5, 0.6) is 0 Å². The van der Waals surface area contributed by atoms with Crippen LogP contribution in [0.4, 0.5) is 13.2 Å². The molecule has 1 atom stereocenters. The Bertz CT molecular complexity index is 563. The molecule has 130 valence electrons. The van der Waals surface area contributed by atoms with E-state index < -0.39 is 22.9 Å². The first kappa shape index (κ1) is 18.1. The SMILES string of the molecule is Cc1c(Cl)c(C(F)(F)F)nn1C(C)C(=O)NC1CCCCCC1. The minimum atomic E-state index is -4.63. The van der Waals surface area contributed by atoms with Crippen LogP contribution in [0.1, 0.15) is 62.9 Å². The number of halogens is 4. The second kappa shape index (κ2) is 7.11. The van der Waals surface area contributed by atoms with Gasteiger partial charge in [-0.3, -0.25) is 9.48 Å². The van der Waals surface area contributed by atoms with Crippen LogP contribution in [0.25, 0.3) is 0 Å². The van der Waals surface area contributed by atoms with Crippen LogP contribution >= 0.6 is 11.6 Å². The minimum Gasteiger partial charge on any atom is -0.352 e. The lowest BCUT2D eigenvalue weighted by Gasteiger charge is -2.20.